The van der Waals surface area contributed by atoms with Crippen molar-refractivity contribution < 1.29 is 13.5 Å². The van der Waals surface area contributed by atoms with Crippen molar-refractivity contribution in [1.82, 2.24) is 9.80 Å². The SMILES string of the molecule is CN1CC[C@@H](F)[C@]2(CN=C(N3CCc4ccccc4[C@@H]3c3ccc(F)cc3)O2)C1. The average molecular weight is 397 g/mol. The van der Waals surface area contributed by atoms with E-state index in [4.69, 9.17) is 4.74 Å². The molecule has 3 atom stereocenters. The van der Waals surface area contributed by atoms with Crippen molar-refractivity contribution in [3.8, 4) is 0 Å². The number of fused-ring (bicyclic) bond motifs is 1. The van der Waals surface area contributed by atoms with Gasteiger partial charge in [0, 0.05) is 19.6 Å². The number of hydrogen-bond acceptors (Lipinski definition) is 4. The highest BCUT2D eigenvalue weighted by atomic mass is 19.1. The number of amidine groups is 1. The van der Waals surface area contributed by atoms with Gasteiger partial charge in [-0.15, -0.1) is 0 Å². The minimum atomic E-state index is -1.03. The Hall–Kier alpha value is -2.47. The smallest absolute Gasteiger partial charge is 0.289 e. The van der Waals surface area contributed by atoms with Crippen LogP contribution >= 0.6 is 0 Å². The molecule has 152 valence electrons. The van der Waals surface area contributed by atoms with Gasteiger partial charge in [-0.25, -0.2) is 13.8 Å². The number of halogens is 2. The van der Waals surface area contributed by atoms with Crippen LogP contribution in [0.1, 0.15) is 29.2 Å². The summed E-state index contributed by atoms with van der Waals surface area (Å²) in [7, 11) is 1.99. The number of hydrogen-bond donors (Lipinski definition) is 0. The Labute approximate surface area is 169 Å². The number of likely N-dealkylation sites (N-methyl/N-ethyl adjacent to an activating group) is 1. The molecule has 29 heavy (non-hydrogen) atoms. The van der Waals surface area contributed by atoms with Gasteiger partial charge in [-0.1, -0.05) is 36.4 Å². The quantitative estimate of drug-likeness (QED) is 0.737. The maximum atomic E-state index is 14.9. The summed E-state index contributed by atoms with van der Waals surface area (Å²) < 4.78 is 34.7. The Bertz CT molecular complexity index is 932. The van der Waals surface area contributed by atoms with Gasteiger partial charge in [-0.2, -0.15) is 0 Å². The molecule has 0 bridgehead atoms. The van der Waals surface area contributed by atoms with Crippen LogP contribution in [0.2, 0.25) is 0 Å². The van der Waals surface area contributed by atoms with Crippen molar-refractivity contribution in [2.75, 3.05) is 33.2 Å². The summed E-state index contributed by atoms with van der Waals surface area (Å²) in [5.74, 6) is -0.261. The standard InChI is InChI=1S/C23H25F2N3O/c1-27-12-11-20(25)23(15-27)14-26-22(29-23)28-13-10-16-4-2-3-5-19(16)21(28)17-6-8-18(24)9-7-17/h2-9,20-21H,10-15H2,1H3/t20-,21+,23+/m1/s1. The average Bonchev–Trinajstić information content (AvgIpc) is 3.15. The van der Waals surface area contributed by atoms with Crippen molar-refractivity contribution in [2.45, 2.75) is 30.7 Å². The second-order valence-corrected chi connectivity index (χ2v) is 8.36. The summed E-state index contributed by atoms with van der Waals surface area (Å²) in [5, 5.41) is 0. The third-order valence-corrected chi connectivity index (χ3v) is 6.36. The van der Waals surface area contributed by atoms with Gasteiger partial charge in [0.1, 0.15) is 12.0 Å². The number of benzene rings is 2. The van der Waals surface area contributed by atoms with Crippen molar-refractivity contribution in [3.05, 3.63) is 71.0 Å². The first-order valence-corrected chi connectivity index (χ1v) is 10.2. The van der Waals surface area contributed by atoms with Gasteiger partial charge in [0.05, 0.1) is 12.6 Å². The van der Waals surface area contributed by atoms with Crippen LogP contribution in [0.4, 0.5) is 8.78 Å². The van der Waals surface area contributed by atoms with Crippen molar-refractivity contribution in [2.24, 2.45) is 4.99 Å². The maximum absolute atomic E-state index is 14.9. The topological polar surface area (TPSA) is 28.1 Å². The lowest BCUT2D eigenvalue weighted by Gasteiger charge is -2.42. The predicted molar refractivity (Wildman–Crippen MR) is 108 cm³/mol. The number of aliphatic imine (C=N–C) groups is 1. The molecule has 3 aliphatic heterocycles. The Morgan fingerprint density at radius 2 is 1.90 bits per heavy atom. The molecule has 0 aliphatic carbocycles. The third-order valence-electron chi connectivity index (χ3n) is 6.36. The molecule has 0 N–H and O–H groups in total. The molecular weight excluding hydrogens is 372 g/mol. The van der Waals surface area contributed by atoms with Crippen LogP contribution in [0.3, 0.4) is 0 Å². The predicted octanol–water partition coefficient (Wildman–Crippen LogP) is 3.57. The zero-order valence-electron chi connectivity index (χ0n) is 16.5. The van der Waals surface area contributed by atoms with E-state index in [2.05, 4.69) is 26.9 Å². The molecule has 4 nitrogen and oxygen atoms in total. The van der Waals surface area contributed by atoms with Crippen LogP contribution in [0, 0.1) is 5.82 Å². The van der Waals surface area contributed by atoms with Gasteiger partial charge in [-0.05, 0) is 48.7 Å². The first kappa shape index (κ1) is 18.6. The highest BCUT2D eigenvalue weighted by Crippen LogP contribution is 2.39. The van der Waals surface area contributed by atoms with Crippen LogP contribution in [0.5, 0.6) is 0 Å². The molecule has 2 aromatic carbocycles. The largest absolute Gasteiger partial charge is 0.452 e. The summed E-state index contributed by atoms with van der Waals surface area (Å²) in [6, 6.07) is 15.3. The number of rotatable bonds is 1. The van der Waals surface area contributed by atoms with E-state index in [9.17, 15) is 8.78 Å². The van der Waals surface area contributed by atoms with Gasteiger partial charge < -0.3 is 14.5 Å². The normalized spacial score (nSPS) is 29.5. The van der Waals surface area contributed by atoms with Gasteiger partial charge in [-0.3, -0.25) is 0 Å². The molecule has 3 aliphatic rings. The van der Waals surface area contributed by atoms with E-state index in [0.29, 0.717) is 25.5 Å². The minimum Gasteiger partial charge on any atom is -0.452 e. The van der Waals surface area contributed by atoms with Gasteiger partial charge in [0.25, 0.3) is 6.02 Å². The van der Waals surface area contributed by atoms with E-state index >= 15 is 0 Å². The number of piperidine rings is 1. The molecule has 5 rings (SSSR count). The molecule has 1 saturated heterocycles. The fraction of sp³-hybridized carbons (Fsp3) is 0.435. The molecule has 0 saturated carbocycles. The molecule has 0 aromatic heterocycles. The van der Waals surface area contributed by atoms with E-state index in [-0.39, 0.29) is 11.9 Å². The Kier molecular flexibility index (Phi) is 4.54. The van der Waals surface area contributed by atoms with Crippen LogP contribution in [0.25, 0.3) is 0 Å². The minimum absolute atomic E-state index is 0.131. The second-order valence-electron chi connectivity index (χ2n) is 8.36. The molecule has 1 fully saturated rings. The van der Waals surface area contributed by atoms with Crippen molar-refractivity contribution in [1.29, 1.82) is 0 Å². The van der Waals surface area contributed by atoms with E-state index in [0.717, 1.165) is 30.6 Å². The first-order chi connectivity index (χ1) is 14.1. The summed E-state index contributed by atoms with van der Waals surface area (Å²) in [6.07, 6.45) is 0.299. The number of ether oxygens (including phenoxy) is 1. The molecule has 1 spiro atoms. The summed E-state index contributed by atoms with van der Waals surface area (Å²) >= 11 is 0. The lowest BCUT2D eigenvalue weighted by atomic mass is 9.88. The number of likely N-dealkylation sites (tertiary alicyclic amines) is 1. The maximum Gasteiger partial charge on any atom is 0.289 e. The molecule has 2 aromatic rings. The highest BCUT2D eigenvalue weighted by molar-refractivity contribution is 5.78. The molecule has 0 unspecified atom stereocenters. The zero-order valence-corrected chi connectivity index (χ0v) is 16.5. The van der Waals surface area contributed by atoms with Gasteiger partial charge in [0.2, 0.25) is 0 Å². The van der Waals surface area contributed by atoms with Crippen LogP contribution in [-0.2, 0) is 11.2 Å². The van der Waals surface area contributed by atoms with Crippen LogP contribution in [-0.4, -0.2) is 60.8 Å². The van der Waals surface area contributed by atoms with Crippen molar-refractivity contribution in [3.63, 3.8) is 0 Å². The molecular formula is C23H25F2N3O. The fourth-order valence-corrected chi connectivity index (χ4v) is 4.85. The third kappa shape index (κ3) is 3.19. The molecule has 3 heterocycles. The van der Waals surface area contributed by atoms with Gasteiger partial charge in [0.15, 0.2) is 5.60 Å². The number of nitrogens with zero attached hydrogens (tertiary/aromatic N) is 3. The van der Waals surface area contributed by atoms with E-state index < -0.39 is 11.8 Å². The van der Waals surface area contributed by atoms with Crippen molar-refractivity contribution >= 4 is 6.02 Å². The monoisotopic (exact) mass is 397 g/mol. The van der Waals surface area contributed by atoms with E-state index in [1.54, 1.807) is 0 Å². The summed E-state index contributed by atoms with van der Waals surface area (Å²) in [6.45, 7) is 2.33. The van der Waals surface area contributed by atoms with E-state index in [1.165, 1.54) is 17.7 Å². The second kappa shape index (κ2) is 7.10. The first-order valence-electron chi connectivity index (χ1n) is 10.2. The summed E-state index contributed by atoms with van der Waals surface area (Å²) in [4.78, 5) is 8.89. The van der Waals surface area contributed by atoms with Crippen LogP contribution in [0.15, 0.2) is 53.5 Å². The zero-order chi connectivity index (χ0) is 20.0. The Morgan fingerprint density at radius 1 is 1.10 bits per heavy atom. The fourth-order valence-electron chi connectivity index (χ4n) is 4.85. The van der Waals surface area contributed by atoms with Crippen LogP contribution < -0.4 is 0 Å². The molecule has 6 heteroatoms. The molecule has 0 radical (unpaired) electrons. The lowest BCUT2D eigenvalue weighted by molar-refractivity contribution is -0.0604. The lowest BCUT2D eigenvalue weighted by Crippen LogP contribution is -2.57. The Morgan fingerprint density at radius 3 is 2.72 bits per heavy atom. The number of alkyl halides is 1. The van der Waals surface area contributed by atoms with E-state index in [1.807, 2.05) is 31.3 Å². The Balaban J connectivity index is 1.50. The molecule has 0 amide bonds. The summed E-state index contributed by atoms with van der Waals surface area (Å²) in [5.41, 5.74) is 2.51. The highest BCUT2D eigenvalue weighted by Gasteiger charge is 2.51. The van der Waals surface area contributed by atoms with Gasteiger partial charge >= 0.3 is 0 Å².